The maximum absolute atomic E-state index is 12.0. The second-order valence-electron chi connectivity index (χ2n) is 3.55. The van der Waals surface area contributed by atoms with E-state index in [-0.39, 0.29) is 5.91 Å². The van der Waals surface area contributed by atoms with E-state index in [1.54, 1.807) is 11.0 Å². The third kappa shape index (κ3) is 2.90. The number of hydrogen-bond acceptors (Lipinski definition) is 2. The second-order valence-corrected chi connectivity index (χ2v) is 3.55. The highest BCUT2D eigenvalue weighted by Crippen LogP contribution is 2.11. The summed E-state index contributed by atoms with van der Waals surface area (Å²) in [6.45, 7) is 4.98. The van der Waals surface area contributed by atoms with Crippen LogP contribution >= 0.6 is 0 Å². The van der Waals surface area contributed by atoms with Crippen molar-refractivity contribution in [2.75, 3.05) is 13.1 Å². The van der Waals surface area contributed by atoms with Crippen molar-refractivity contribution in [1.82, 2.24) is 4.90 Å². The molecule has 86 valence electrons. The van der Waals surface area contributed by atoms with Crippen molar-refractivity contribution in [2.45, 2.75) is 26.7 Å². The molecule has 0 unspecified atom stereocenters. The van der Waals surface area contributed by atoms with Crippen LogP contribution in [0.5, 0.6) is 0 Å². The molecule has 0 bridgehead atoms. The molecule has 0 N–H and O–H groups in total. The van der Waals surface area contributed by atoms with Crippen LogP contribution in [0.15, 0.2) is 16.5 Å². The predicted molar refractivity (Wildman–Crippen MR) is 63.1 cm³/mol. The minimum absolute atomic E-state index is 0.125. The number of furan rings is 1. The van der Waals surface area contributed by atoms with Gasteiger partial charge in [0.1, 0.15) is 5.76 Å². The summed E-state index contributed by atoms with van der Waals surface area (Å²) in [6.07, 6.45) is 6.90. The Labute approximate surface area is 96.4 Å². The Morgan fingerprint density at radius 3 is 2.75 bits per heavy atom. The van der Waals surface area contributed by atoms with Crippen molar-refractivity contribution >= 4 is 5.91 Å². The number of nitrogens with zero attached hydrogens (tertiary/aromatic N) is 1. The average Bonchev–Trinajstić information content (AvgIpc) is 2.76. The summed E-state index contributed by atoms with van der Waals surface area (Å²) < 4.78 is 5.41. The zero-order chi connectivity index (χ0) is 12.0. The molecule has 0 aromatic carbocycles. The van der Waals surface area contributed by atoms with Crippen LogP contribution in [0, 0.1) is 12.3 Å². The normalized spacial score (nSPS) is 9.81. The molecular weight excluding hydrogens is 202 g/mol. The van der Waals surface area contributed by atoms with Crippen molar-refractivity contribution in [3.8, 4) is 12.3 Å². The van der Waals surface area contributed by atoms with Crippen LogP contribution in [0.25, 0.3) is 0 Å². The Bertz CT molecular complexity index is 387. The van der Waals surface area contributed by atoms with Gasteiger partial charge in [-0.25, -0.2) is 0 Å². The molecule has 0 aliphatic carbocycles. The monoisotopic (exact) mass is 219 g/mol. The number of terminal acetylenes is 1. The van der Waals surface area contributed by atoms with Crippen molar-refractivity contribution in [2.24, 2.45) is 0 Å². The fourth-order valence-electron chi connectivity index (χ4n) is 1.47. The second kappa shape index (κ2) is 6.02. The summed E-state index contributed by atoms with van der Waals surface area (Å²) in [7, 11) is 0. The minimum atomic E-state index is -0.125. The first-order chi connectivity index (χ1) is 7.72. The summed E-state index contributed by atoms with van der Waals surface area (Å²) >= 11 is 0. The zero-order valence-electron chi connectivity index (χ0n) is 9.82. The molecule has 1 heterocycles. The van der Waals surface area contributed by atoms with E-state index in [9.17, 15) is 4.79 Å². The standard InChI is InChI=1S/C13H17NO2/c1-4-9-14(10-5-2)13(15)12-8-7-11(6-3)16-12/h1,7-8H,5-6,9-10H2,2-3H3. The lowest BCUT2D eigenvalue weighted by molar-refractivity contribution is 0.0743. The van der Waals surface area contributed by atoms with Crippen LogP contribution in [0.2, 0.25) is 0 Å². The van der Waals surface area contributed by atoms with Crippen LogP contribution in [0.4, 0.5) is 0 Å². The number of hydrogen-bond donors (Lipinski definition) is 0. The van der Waals surface area contributed by atoms with E-state index in [0.29, 0.717) is 18.8 Å². The van der Waals surface area contributed by atoms with Crippen LogP contribution in [0.3, 0.4) is 0 Å². The van der Waals surface area contributed by atoms with Gasteiger partial charge < -0.3 is 9.32 Å². The Morgan fingerprint density at radius 2 is 2.25 bits per heavy atom. The Kier molecular flexibility index (Phi) is 4.65. The lowest BCUT2D eigenvalue weighted by Crippen LogP contribution is -2.31. The van der Waals surface area contributed by atoms with Crippen LogP contribution in [0.1, 0.15) is 36.6 Å². The molecular formula is C13H17NO2. The van der Waals surface area contributed by atoms with E-state index in [0.717, 1.165) is 18.6 Å². The van der Waals surface area contributed by atoms with Gasteiger partial charge in [-0.1, -0.05) is 19.8 Å². The molecule has 0 aliphatic rings. The van der Waals surface area contributed by atoms with Crippen molar-refractivity contribution in [3.05, 3.63) is 23.7 Å². The summed E-state index contributed by atoms with van der Waals surface area (Å²) in [4.78, 5) is 13.6. The molecule has 3 heteroatoms. The van der Waals surface area contributed by atoms with Crippen molar-refractivity contribution < 1.29 is 9.21 Å². The molecule has 0 fully saturated rings. The molecule has 1 amide bonds. The summed E-state index contributed by atoms with van der Waals surface area (Å²) in [6, 6.07) is 3.54. The molecule has 0 saturated carbocycles. The molecule has 1 aromatic heterocycles. The first-order valence-electron chi connectivity index (χ1n) is 5.54. The fraction of sp³-hybridized carbons (Fsp3) is 0.462. The fourth-order valence-corrected chi connectivity index (χ4v) is 1.47. The summed E-state index contributed by atoms with van der Waals surface area (Å²) in [5, 5.41) is 0. The molecule has 0 spiro atoms. The Morgan fingerprint density at radius 1 is 1.50 bits per heavy atom. The minimum Gasteiger partial charge on any atom is -0.456 e. The van der Waals surface area contributed by atoms with Crippen molar-refractivity contribution in [1.29, 1.82) is 0 Å². The SMILES string of the molecule is C#CCN(CCC)C(=O)c1ccc(CC)o1. The van der Waals surface area contributed by atoms with E-state index in [1.165, 1.54) is 0 Å². The van der Waals surface area contributed by atoms with Gasteiger partial charge in [-0.15, -0.1) is 6.42 Å². The predicted octanol–water partition coefficient (Wildman–Crippen LogP) is 2.33. The van der Waals surface area contributed by atoms with Gasteiger partial charge in [0.25, 0.3) is 5.91 Å². The molecule has 16 heavy (non-hydrogen) atoms. The Balaban J connectivity index is 2.77. The molecule has 0 atom stereocenters. The maximum Gasteiger partial charge on any atom is 0.290 e. The van der Waals surface area contributed by atoms with Gasteiger partial charge in [0.05, 0.1) is 6.54 Å². The smallest absolute Gasteiger partial charge is 0.290 e. The number of aryl methyl sites for hydroxylation is 1. The van der Waals surface area contributed by atoms with Gasteiger partial charge in [0, 0.05) is 13.0 Å². The quantitative estimate of drug-likeness (QED) is 0.712. The highest BCUT2D eigenvalue weighted by atomic mass is 16.4. The van der Waals surface area contributed by atoms with E-state index in [4.69, 9.17) is 10.8 Å². The third-order valence-electron chi connectivity index (χ3n) is 2.28. The lowest BCUT2D eigenvalue weighted by Gasteiger charge is -2.17. The Hall–Kier alpha value is -1.69. The van der Waals surface area contributed by atoms with E-state index >= 15 is 0 Å². The van der Waals surface area contributed by atoms with Crippen molar-refractivity contribution in [3.63, 3.8) is 0 Å². The highest BCUT2D eigenvalue weighted by molar-refractivity contribution is 5.91. The number of carbonyl (C=O) groups excluding carboxylic acids is 1. The van der Waals surface area contributed by atoms with Gasteiger partial charge in [0.2, 0.25) is 0 Å². The number of amides is 1. The molecule has 0 radical (unpaired) electrons. The first-order valence-corrected chi connectivity index (χ1v) is 5.54. The molecule has 1 aromatic rings. The van der Waals surface area contributed by atoms with Crippen LogP contribution in [-0.2, 0) is 6.42 Å². The molecule has 0 saturated heterocycles. The maximum atomic E-state index is 12.0. The molecule has 0 aliphatic heterocycles. The van der Waals surface area contributed by atoms with E-state index in [2.05, 4.69) is 5.92 Å². The third-order valence-corrected chi connectivity index (χ3v) is 2.28. The van der Waals surface area contributed by atoms with E-state index < -0.39 is 0 Å². The highest BCUT2D eigenvalue weighted by Gasteiger charge is 2.17. The average molecular weight is 219 g/mol. The molecule has 3 nitrogen and oxygen atoms in total. The largest absolute Gasteiger partial charge is 0.456 e. The van der Waals surface area contributed by atoms with E-state index in [1.807, 2.05) is 19.9 Å². The number of rotatable bonds is 5. The van der Waals surface area contributed by atoms with Gasteiger partial charge in [-0.3, -0.25) is 4.79 Å². The number of carbonyl (C=O) groups is 1. The van der Waals surface area contributed by atoms with Gasteiger partial charge >= 0.3 is 0 Å². The first kappa shape index (κ1) is 12.4. The zero-order valence-corrected chi connectivity index (χ0v) is 9.82. The topological polar surface area (TPSA) is 33.5 Å². The van der Waals surface area contributed by atoms with Crippen LogP contribution in [-0.4, -0.2) is 23.9 Å². The van der Waals surface area contributed by atoms with Gasteiger partial charge in [-0.2, -0.15) is 0 Å². The summed E-state index contributed by atoms with van der Waals surface area (Å²) in [5.74, 6) is 3.56. The van der Waals surface area contributed by atoms with Gasteiger partial charge in [0.15, 0.2) is 5.76 Å². The van der Waals surface area contributed by atoms with Crippen LogP contribution < -0.4 is 0 Å². The van der Waals surface area contributed by atoms with Gasteiger partial charge in [-0.05, 0) is 18.6 Å². The lowest BCUT2D eigenvalue weighted by atomic mass is 10.3. The summed E-state index contributed by atoms with van der Waals surface area (Å²) in [5.41, 5.74) is 0. The molecule has 1 rings (SSSR count).